The number of nitrogens with zero attached hydrogens (tertiary/aromatic N) is 2. The summed E-state index contributed by atoms with van der Waals surface area (Å²) in [5.74, 6) is 0. The highest BCUT2D eigenvalue weighted by Crippen LogP contribution is 2.24. The Kier molecular flexibility index (Phi) is 3.36. The SMILES string of the molecule is Cc1cc(Cl)ncc1N1CC(C)OC(C)C1. The number of rotatable bonds is 1. The van der Waals surface area contributed by atoms with Gasteiger partial charge < -0.3 is 9.64 Å². The lowest BCUT2D eigenvalue weighted by Gasteiger charge is -2.37. The van der Waals surface area contributed by atoms with E-state index in [1.807, 2.05) is 12.3 Å². The van der Waals surface area contributed by atoms with Crippen LogP contribution in [0.15, 0.2) is 12.3 Å². The summed E-state index contributed by atoms with van der Waals surface area (Å²) in [6.07, 6.45) is 2.38. The third kappa shape index (κ3) is 2.47. The van der Waals surface area contributed by atoms with Crippen molar-refractivity contribution in [2.24, 2.45) is 0 Å². The van der Waals surface area contributed by atoms with Crippen molar-refractivity contribution >= 4 is 17.3 Å². The van der Waals surface area contributed by atoms with E-state index in [1.54, 1.807) is 0 Å². The van der Waals surface area contributed by atoms with Crippen LogP contribution >= 0.6 is 11.6 Å². The number of aromatic nitrogens is 1. The van der Waals surface area contributed by atoms with Crippen molar-refractivity contribution in [3.63, 3.8) is 0 Å². The molecular formula is C12H17ClN2O. The van der Waals surface area contributed by atoms with Gasteiger partial charge in [-0.3, -0.25) is 0 Å². The third-order valence-electron chi connectivity index (χ3n) is 2.81. The van der Waals surface area contributed by atoms with Gasteiger partial charge in [0.05, 0.1) is 24.1 Å². The molecule has 1 aromatic heterocycles. The first-order valence-corrected chi connectivity index (χ1v) is 5.96. The number of ether oxygens (including phenoxy) is 1. The van der Waals surface area contributed by atoms with Gasteiger partial charge in [-0.25, -0.2) is 4.98 Å². The van der Waals surface area contributed by atoms with Crippen molar-refractivity contribution in [1.82, 2.24) is 4.98 Å². The summed E-state index contributed by atoms with van der Waals surface area (Å²) in [6.45, 7) is 8.08. The van der Waals surface area contributed by atoms with E-state index < -0.39 is 0 Å². The van der Waals surface area contributed by atoms with Crippen LogP contribution in [-0.4, -0.2) is 30.3 Å². The number of hydrogen-bond donors (Lipinski definition) is 0. The number of aryl methyl sites for hydroxylation is 1. The second kappa shape index (κ2) is 4.60. The second-order valence-electron chi connectivity index (χ2n) is 4.46. The molecule has 16 heavy (non-hydrogen) atoms. The molecule has 1 aliphatic heterocycles. The lowest BCUT2D eigenvalue weighted by molar-refractivity contribution is -0.00526. The van der Waals surface area contributed by atoms with Gasteiger partial charge in [0.25, 0.3) is 0 Å². The van der Waals surface area contributed by atoms with Crippen LogP contribution in [0.4, 0.5) is 5.69 Å². The second-order valence-corrected chi connectivity index (χ2v) is 4.84. The number of halogens is 1. The van der Waals surface area contributed by atoms with Gasteiger partial charge in [-0.1, -0.05) is 11.6 Å². The molecule has 2 rings (SSSR count). The summed E-state index contributed by atoms with van der Waals surface area (Å²) in [6, 6.07) is 1.90. The van der Waals surface area contributed by atoms with Gasteiger partial charge in [0.15, 0.2) is 0 Å². The quantitative estimate of drug-likeness (QED) is 0.706. The van der Waals surface area contributed by atoms with E-state index in [9.17, 15) is 0 Å². The summed E-state index contributed by atoms with van der Waals surface area (Å²) < 4.78 is 5.71. The van der Waals surface area contributed by atoms with Crippen LogP contribution in [0.3, 0.4) is 0 Å². The molecule has 88 valence electrons. The summed E-state index contributed by atoms with van der Waals surface area (Å²) >= 11 is 5.86. The fraction of sp³-hybridized carbons (Fsp3) is 0.583. The van der Waals surface area contributed by atoms with Gasteiger partial charge in [0, 0.05) is 13.1 Å². The molecule has 1 fully saturated rings. The van der Waals surface area contributed by atoms with Gasteiger partial charge >= 0.3 is 0 Å². The number of anilines is 1. The molecular weight excluding hydrogens is 224 g/mol. The molecule has 2 unspecified atom stereocenters. The summed E-state index contributed by atoms with van der Waals surface area (Å²) in [5.41, 5.74) is 2.33. The van der Waals surface area contributed by atoms with Crippen molar-refractivity contribution in [3.05, 3.63) is 23.0 Å². The lowest BCUT2D eigenvalue weighted by Crippen LogP contribution is -2.45. The smallest absolute Gasteiger partial charge is 0.129 e. The molecule has 2 atom stereocenters. The van der Waals surface area contributed by atoms with Crippen LogP contribution in [0.5, 0.6) is 0 Å². The molecule has 1 saturated heterocycles. The first-order chi connectivity index (χ1) is 7.56. The molecule has 0 radical (unpaired) electrons. The first-order valence-electron chi connectivity index (χ1n) is 5.59. The predicted octanol–water partition coefficient (Wildman–Crippen LogP) is 2.66. The first kappa shape index (κ1) is 11.7. The van der Waals surface area contributed by atoms with Gasteiger partial charge in [-0.2, -0.15) is 0 Å². The van der Waals surface area contributed by atoms with Gasteiger partial charge in [0.2, 0.25) is 0 Å². The predicted molar refractivity (Wildman–Crippen MR) is 66.2 cm³/mol. The van der Waals surface area contributed by atoms with Crippen LogP contribution < -0.4 is 4.90 Å². The molecule has 2 heterocycles. The maximum atomic E-state index is 5.86. The average Bonchev–Trinajstić information content (AvgIpc) is 2.15. The van der Waals surface area contributed by atoms with Crippen molar-refractivity contribution in [2.45, 2.75) is 33.0 Å². The van der Waals surface area contributed by atoms with Gasteiger partial charge in [-0.15, -0.1) is 0 Å². The summed E-state index contributed by atoms with van der Waals surface area (Å²) in [7, 11) is 0. The summed E-state index contributed by atoms with van der Waals surface area (Å²) in [5, 5.41) is 0.551. The molecule has 0 spiro atoms. The Morgan fingerprint density at radius 1 is 1.38 bits per heavy atom. The highest BCUT2D eigenvalue weighted by atomic mass is 35.5. The number of hydrogen-bond acceptors (Lipinski definition) is 3. The Bertz CT molecular complexity index is 373. The molecule has 0 bridgehead atoms. The summed E-state index contributed by atoms with van der Waals surface area (Å²) in [4.78, 5) is 6.47. The van der Waals surface area contributed by atoms with E-state index in [-0.39, 0.29) is 12.2 Å². The molecule has 0 amide bonds. The highest BCUT2D eigenvalue weighted by molar-refractivity contribution is 6.29. The van der Waals surface area contributed by atoms with Gasteiger partial charge in [0.1, 0.15) is 5.15 Å². The molecule has 0 N–H and O–H groups in total. The molecule has 1 aliphatic rings. The van der Waals surface area contributed by atoms with Crippen LogP contribution in [0.25, 0.3) is 0 Å². The average molecular weight is 241 g/mol. The van der Waals surface area contributed by atoms with E-state index in [0.717, 1.165) is 18.8 Å². The zero-order valence-electron chi connectivity index (χ0n) is 9.90. The van der Waals surface area contributed by atoms with Crippen LogP contribution in [0.2, 0.25) is 5.15 Å². The minimum absolute atomic E-state index is 0.263. The topological polar surface area (TPSA) is 25.4 Å². The van der Waals surface area contributed by atoms with Crippen molar-refractivity contribution < 1.29 is 4.74 Å². The van der Waals surface area contributed by atoms with Crippen LogP contribution in [0.1, 0.15) is 19.4 Å². The molecule has 0 aliphatic carbocycles. The maximum absolute atomic E-state index is 5.86. The van der Waals surface area contributed by atoms with Crippen molar-refractivity contribution in [1.29, 1.82) is 0 Å². The Morgan fingerprint density at radius 2 is 2.00 bits per heavy atom. The Labute approximate surface area is 101 Å². The standard InChI is InChI=1S/C12H17ClN2O/c1-8-4-12(13)14-5-11(8)15-6-9(2)16-10(3)7-15/h4-5,9-10H,6-7H2,1-3H3. The van der Waals surface area contributed by atoms with Crippen molar-refractivity contribution in [3.8, 4) is 0 Å². The maximum Gasteiger partial charge on any atom is 0.129 e. The third-order valence-corrected chi connectivity index (χ3v) is 3.02. The van der Waals surface area contributed by atoms with Crippen LogP contribution in [-0.2, 0) is 4.74 Å². The molecule has 1 aromatic rings. The Morgan fingerprint density at radius 3 is 2.56 bits per heavy atom. The Balaban J connectivity index is 2.23. The number of morpholine rings is 1. The zero-order chi connectivity index (χ0) is 11.7. The largest absolute Gasteiger partial charge is 0.372 e. The van der Waals surface area contributed by atoms with E-state index in [2.05, 4.69) is 30.7 Å². The zero-order valence-corrected chi connectivity index (χ0v) is 10.7. The minimum atomic E-state index is 0.263. The molecule has 0 aromatic carbocycles. The monoisotopic (exact) mass is 240 g/mol. The fourth-order valence-corrected chi connectivity index (χ4v) is 2.43. The molecule has 3 nitrogen and oxygen atoms in total. The van der Waals surface area contributed by atoms with Crippen LogP contribution in [0, 0.1) is 6.92 Å². The molecule has 4 heteroatoms. The van der Waals surface area contributed by atoms with E-state index in [4.69, 9.17) is 16.3 Å². The van der Waals surface area contributed by atoms with E-state index in [1.165, 1.54) is 5.56 Å². The lowest BCUT2D eigenvalue weighted by atomic mass is 10.1. The molecule has 0 saturated carbocycles. The van der Waals surface area contributed by atoms with Gasteiger partial charge in [-0.05, 0) is 32.4 Å². The fourth-order valence-electron chi connectivity index (χ4n) is 2.22. The normalized spacial score (nSPS) is 25.9. The van der Waals surface area contributed by atoms with E-state index >= 15 is 0 Å². The highest BCUT2D eigenvalue weighted by Gasteiger charge is 2.23. The van der Waals surface area contributed by atoms with E-state index in [0.29, 0.717) is 5.15 Å². The van der Waals surface area contributed by atoms with Crippen molar-refractivity contribution in [2.75, 3.05) is 18.0 Å². The Hall–Kier alpha value is -0.800. The number of pyridine rings is 1. The minimum Gasteiger partial charge on any atom is -0.372 e.